The predicted octanol–water partition coefficient (Wildman–Crippen LogP) is 1.04. The van der Waals surface area contributed by atoms with Crippen molar-refractivity contribution in [1.29, 1.82) is 0 Å². The maximum absolute atomic E-state index is 12.1. The first-order chi connectivity index (χ1) is 8.12. The number of nitrogens with one attached hydrogen (secondary N) is 1. The highest BCUT2D eigenvalue weighted by atomic mass is 79.9. The molecule has 5 nitrogen and oxygen atoms in total. The molecule has 0 aliphatic carbocycles. The Balaban J connectivity index is 2.60. The standard InChI is InChI=1S/C10H20BrNO4S2/c1-8(11)7-9(2)12-18(15,16)10-3-5-17(13,14)6-4-10/h8-10,12H,3-7H2,1-2H3. The smallest absolute Gasteiger partial charge is 0.214 e. The molecule has 0 spiro atoms. The van der Waals surface area contributed by atoms with Crippen LogP contribution < -0.4 is 4.72 Å². The summed E-state index contributed by atoms with van der Waals surface area (Å²) in [5.41, 5.74) is 0. The highest BCUT2D eigenvalue weighted by Gasteiger charge is 2.33. The lowest BCUT2D eigenvalue weighted by molar-refractivity contribution is 0.521. The van der Waals surface area contributed by atoms with Crippen LogP contribution >= 0.6 is 15.9 Å². The van der Waals surface area contributed by atoms with E-state index in [4.69, 9.17) is 0 Å². The first kappa shape index (κ1) is 16.4. The molecule has 108 valence electrons. The summed E-state index contributed by atoms with van der Waals surface area (Å²) in [4.78, 5) is 0.238. The van der Waals surface area contributed by atoms with Gasteiger partial charge in [-0.05, 0) is 26.2 Å². The van der Waals surface area contributed by atoms with Crippen LogP contribution in [-0.2, 0) is 19.9 Å². The largest absolute Gasteiger partial charge is 0.229 e. The molecule has 0 bridgehead atoms. The maximum atomic E-state index is 12.1. The van der Waals surface area contributed by atoms with Crippen LogP contribution in [0.15, 0.2) is 0 Å². The zero-order valence-electron chi connectivity index (χ0n) is 10.6. The Hall–Kier alpha value is 0.340. The second-order valence-corrected chi connectivity index (χ2v) is 10.8. The zero-order valence-corrected chi connectivity index (χ0v) is 13.8. The molecule has 18 heavy (non-hydrogen) atoms. The summed E-state index contributed by atoms with van der Waals surface area (Å²) in [5.74, 6) is -0.0520. The molecule has 0 aromatic rings. The lowest BCUT2D eigenvalue weighted by atomic mass is 10.2. The van der Waals surface area contributed by atoms with Crippen LogP contribution in [0.1, 0.15) is 33.1 Å². The van der Waals surface area contributed by atoms with Crippen molar-refractivity contribution in [2.45, 2.75) is 49.2 Å². The van der Waals surface area contributed by atoms with Crippen molar-refractivity contribution >= 4 is 35.8 Å². The molecular formula is C10H20BrNO4S2. The summed E-state index contributed by atoms with van der Waals surface area (Å²) in [6.07, 6.45) is 1.10. The second-order valence-electron chi connectivity index (χ2n) is 4.93. The van der Waals surface area contributed by atoms with Crippen LogP contribution in [0.25, 0.3) is 0 Å². The average Bonchev–Trinajstić information content (AvgIpc) is 2.13. The molecule has 0 radical (unpaired) electrons. The maximum Gasteiger partial charge on any atom is 0.214 e. The fraction of sp³-hybridized carbons (Fsp3) is 1.00. The molecule has 1 fully saturated rings. The summed E-state index contributed by atoms with van der Waals surface area (Å²) in [6.45, 7) is 3.77. The van der Waals surface area contributed by atoms with E-state index in [-0.39, 0.29) is 35.2 Å². The van der Waals surface area contributed by atoms with E-state index in [0.717, 1.165) is 0 Å². The average molecular weight is 362 g/mol. The molecule has 0 amide bonds. The van der Waals surface area contributed by atoms with E-state index in [9.17, 15) is 16.8 Å². The van der Waals surface area contributed by atoms with Gasteiger partial charge in [0.25, 0.3) is 0 Å². The van der Waals surface area contributed by atoms with E-state index in [1.54, 1.807) is 0 Å². The van der Waals surface area contributed by atoms with Crippen molar-refractivity contribution in [2.24, 2.45) is 0 Å². The van der Waals surface area contributed by atoms with Gasteiger partial charge in [-0.15, -0.1) is 0 Å². The molecule has 0 saturated carbocycles. The van der Waals surface area contributed by atoms with E-state index >= 15 is 0 Å². The van der Waals surface area contributed by atoms with Crippen LogP contribution in [-0.4, -0.2) is 44.5 Å². The molecule has 2 unspecified atom stereocenters. The Morgan fingerprint density at radius 1 is 1.28 bits per heavy atom. The van der Waals surface area contributed by atoms with Gasteiger partial charge in [-0.25, -0.2) is 21.6 Å². The molecule has 0 aromatic heterocycles. The van der Waals surface area contributed by atoms with Crippen LogP contribution in [0.5, 0.6) is 0 Å². The molecule has 1 aliphatic rings. The number of halogens is 1. The third-order valence-corrected chi connectivity index (χ3v) is 7.15. The minimum absolute atomic E-state index is 0.0260. The van der Waals surface area contributed by atoms with Gasteiger partial charge >= 0.3 is 0 Å². The summed E-state index contributed by atoms with van der Waals surface area (Å²) in [5, 5.41) is -0.575. The molecule has 1 heterocycles. The van der Waals surface area contributed by atoms with E-state index in [1.807, 2.05) is 13.8 Å². The summed E-state index contributed by atoms with van der Waals surface area (Å²) in [7, 11) is -6.44. The van der Waals surface area contributed by atoms with Crippen LogP contribution in [0.3, 0.4) is 0 Å². The highest BCUT2D eigenvalue weighted by Crippen LogP contribution is 2.19. The van der Waals surface area contributed by atoms with E-state index in [0.29, 0.717) is 6.42 Å². The lowest BCUT2D eigenvalue weighted by Crippen LogP contribution is -2.43. The van der Waals surface area contributed by atoms with Crippen molar-refractivity contribution in [1.82, 2.24) is 4.72 Å². The third kappa shape index (κ3) is 5.14. The monoisotopic (exact) mass is 361 g/mol. The molecule has 1 N–H and O–H groups in total. The van der Waals surface area contributed by atoms with E-state index < -0.39 is 25.1 Å². The first-order valence-corrected chi connectivity index (χ1v) is 10.3. The van der Waals surface area contributed by atoms with Crippen LogP contribution in [0.4, 0.5) is 0 Å². The molecule has 1 saturated heterocycles. The van der Waals surface area contributed by atoms with Crippen molar-refractivity contribution in [2.75, 3.05) is 11.5 Å². The third-order valence-electron chi connectivity index (χ3n) is 2.98. The Morgan fingerprint density at radius 3 is 2.22 bits per heavy atom. The van der Waals surface area contributed by atoms with Gasteiger partial charge in [-0.2, -0.15) is 0 Å². The molecule has 2 atom stereocenters. The van der Waals surface area contributed by atoms with Gasteiger partial charge in [0.1, 0.15) is 9.84 Å². The van der Waals surface area contributed by atoms with Crippen LogP contribution in [0.2, 0.25) is 0 Å². The molecule has 1 aliphatic heterocycles. The number of sulfone groups is 1. The van der Waals surface area contributed by atoms with Gasteiger partial charge in [0.05, 0.1) is 16.8 Å². The van der Waals surface area contributed by atoms with E-state index in [2.05, 4.69) is 20.7 Å². The fourth-order valence-electron chi connectivity index (χ4n) is 2.09. The van der Waals surface area contributed by atoms with Gasteiger partial charge < -0.3 is 0 Å². The SMILES string of the molecule is CC(Br)CC(C)NS(=O)(=O)C1CCS(=O)(=O)CC1. The Bertz CT molecular complexity index is 458. The van der Waals surface area contributed by atoms with Crippen molar-refractivity contribution in [3.05, 3.63) is 0 Å². The molecule has 0 aromatic carbocycles. The number of alkyl halides is 1. The molecule has 8 heteroatoms. The zero-order chi connectivity index (χ0) is 14.0. The van der Waals surface area contributed by atoms with Gasteiger partial charge in [-0.3, -0.25) is 0 Å². The number of hydrogen-bond acceptors (Lipinski definition) is 4. The second kappa shape index (κ2) is 6.19. The normalized spacial score (nSPS) is 24.6. The van der Waals surface area contributed by atoms with Gasteiger partial charge in [-0.1, -0.05) is 22.9 Å². The van der Waals surface area contributed by atoms with Crippen LogP contribution in [0, 0.1) is 0 Å². The lowest BCUT2D eigenvalue weighted by Gasteiger charge is -2.24. The summed E-state index contributed by atoms with van der Waals surface area (Å²) < 4.78 is 49.3. The Morgan fingerprint density at radius 2 is 1.78 bits per heavy atom. The summed E-state index contributed by atoms with van der Waals surface area (Å²) >= 11 is 3.38. The number of hydrogen-bond donors (Lipinski definition) is 1. The minimum atomic E-state index is -3.41. The fourth-order valence-corrected chi connectivity index (χ4v) is 6.15. The highest BCUT2D eigenvalue weighted by molar-refractivity contribution is 9.09. The first-order valence-electron chi connectivity index (χ1n) is 5.98. The Kier molecular flexibility index (Phi) is 5.64. The molecule has 1 rings (SSSR count). The van der Waals surface area contributed by atoms with Crippen molar-refractivity contribution in [3.8, 4) is 0 Å². The topological polar surface area (TPSA) is 80.3 Å². The van der Waals surface area contributed by atoms with Gasteiger partial charge in [0.2, 0.25) is 10.0 Å². The summed E-state index contributed by atoms with van der Waals surface area (Å²) in [6, 6.07) is -0.150. The van der Waals surface area contributed by atoms with Gasteiger partial charge in [0, 0.05) is 10.9 Å². The number of sulfonamides is 1. The van der Waals surface area contributed by atoms with E-state index in [1.165, 1.54) is 0 Å². The number of rotatable bonds is 5. The van der Waals surface area contributed by atoms with Gasteiger partial charge in [0.15, 0.2) is 0 Å². The molecular weight excluding hydrogens is 342 g/mol. The Labute approximate surface area is 118 Å². The predicted molar refractivity (Wildman–Crippen MR) is 76.2 cm³/mol. The minimum Gasteiger partial charge on any atom is -0.229 e. The van der Waals surface area contributed by atoms with Crippen molar-refractivity contribution in [3.63, 3.8) is 0 Å². The van der Waals surface area contributed by atoms with Crippen molar-refractivity contribution < 1.29 is 16.8 Å². The quantitative estimate of drug-likeness (QED) is 0.742.